The first-order valence-corrected chi connectivity index (χ1v) is 8.15. The molecule has 0 aromatic heterocycles. The van der Waals surface area contributed by atoms with E-state index in [9.17, 15) is 9.59 Å². The van der Waals surface area contributed by atoms with E-state index in [0.29, 0.717) is 6.42 Å². The molecule has 4 nitrogen and oxygen atoms in total. The Bertz CT molecular complexity index is 388. The van der Waals surface area contributed by atoms with E-state index in [1.54, 1.807) is 0 Å². The molecule has 0 aromatic rings. The number of carbonyl (C=O) groups is 2. The molecule has 20 heavy (non-hydrogen) atoms. The Hall–Kier alpha value is -1.06. The van der Waals surface area contributed by atoms with Gasteiger partial charge in [0.05, 0.1) is 0 Å². The first-order chi connectivity index (χ1) is 9.50. The molecule has 1 heterocycles. The third-order valence-electron chi connectivity index (χ3n) is 5.17. The van der Waals surface area contributed by atoms with Gasteiger partial charge in [0, 0.05) is 6.54 Å². The maximum absolute atomic E-state index is 12.9. The Morgan fingerprint density at radius 3 is 2.35 bits per heavy atom. The fraction of sp³-hybridized carbons (Fsp3) is 0.875. The number of rotatable bonds is 5. The molecule has 1 unspecified atom stereocenters. The number of nitrogens with one attached hydrogen (secondary N) is 1. The van der Waals surface area contributed by atoms with Gasteiger partial charge in [-0.15, -0.1) is 0 Å². The van der Waals surface area contributed by atoms with Gasteiger partial charge in [-0.2, -0.15) is 0 Å². The zero-order valence-electron chi connectivity index (χ0n) is 13.1. The first kappa shape index (κ1) is 15.3. The molecule has 1 spiro atoms. The van der Waals surface area contributed by atoms with Crippen molar-refractivity contribution in [2.75, 3.05) is 6.54 Å². The van der Waals surface area contributed by atoms with Crippen LogP contribution in [0.2, 0.25) is 0 Å². The number of hydrogen-bond acceptors (Lipinski definition) is 2. The van der Waals surface area contributed by atoms with E-state index in [1.165, 1.54) is 0 Å². The van der Waals surface area contributed by atoms with E-state index in [1.807, 2.05) is 18.7 Å². The highest BCUT2D eigenvalue weighted by Gasteiger charge is 2.56. The second kappa shape index (κ2) is 5.74. The molecule has 4 heteroatoms. The average Bonchev–Trinajstić information content (AvgIpc) is 2.92. The zero-order valence-corrected chi connectivity index (χ0v) is 13.1. The van der Waals surface area contributed by atoms with E-state index in [-0.39, 0.29) is 11.8 Å². The monoisotopic (exact) mass is 280 g/mol. The van der Waals surface area contributed by atoms with Crippen molar-refractivity contribution in [2.45, 2.75) is 83.2 Å². The molecule has 1 N–H and O–H groups in total. The van der Waals surface area contributed by atoms with Crippen LogP contribution in [0.1, 0.15) is 72.1 Å². The van der Waals surface area contributed by atoms with Crippen LogP contribution >= 0.6 is 0 Å². The van der Waals surface area contributed by atoms with Crippen molar-refractivity contribution in [2.24, 2.45) is 0 Å². The Labute approximate surface area is 122 Å². The molecule has 114 valence electrons. The largest absolute Gasteiger partial charge is 0.340 e. The van der Waals surface area contributed by atoms with Crippen molar-refractivity contribution >= 4 is 11.8 Å². The van der Waals surface area contributed by atoms with Crippen molar-refractivity contribution in [3.63, 3.8) is 0 Å². The van der Waals surface area contributed by atoms with Crippen LogP contribution in [0.4, 0.5) is 0 Å². The molecule has 2 fully saturated rings. The number of unbranched alkanes of at least 4 members (excludes halogenated alkanes) is 2. The van der Waals surface area contributed by atoms with Crippen LogP contribution in [0, 0.1) is 0 Å². The number of piperazine rings is 1. The van der Waals surface area contributed by atoms with Crippen LogP contribution in [0.5, 0.6) is 0 Å². The molecule has 0 bridgehead atoms. The van der Waals surface area contributed by atoms with Gasteiger partial charge in [0.1, 0.15) is 11.1 Å². The van der Waals surface area contributed by atoms with Gasteiger partial charge in [-0.25, -0.2) is 0 Å². The summed E-state index contributed by atoms with van der Waals surface area (Å²) in [5.41, 5.74) is -1.25. The number of carbonyl (C=O) groups excluding carboxylic acids is 2. The molecule has 1 saturated heterocycles. The molecule has 1 aliphatic heterocycles. The number of nitrogens with zero attached hydrogens (tertiary/aromatic N) is 1. The first-order valence-electron chi connectivity index (χ1n) is 8.15. The lowest BCUT2D eigenvalue weighted by atomic mass is 9.83. The molecule has 2 aliphatic rings. The summed E-state index contributed by atoms with van der Waals surface area (Å²) in [4.78, 5) is 27.5. The van der Waals surface area contributed by atoms with Gasteiger partial charge in [-0.05, 0) is 32.6 Å². The summed E-state index contributed by atoms with van der Waals surface area (Å²) in [7, 11) is 0. The normalized spacial score (nSPS) is 29.1. The lowest BCUT2D eigenvalue weighted by molar-refractivity contribution is -0.162. The summed E-state index contributed by atoms with van der Waals surface area (Å²) in [5, 5.41) is 3.02. The topological polar surface area (TPSA) is 49.4 Å². The molecule has 0 aromatic carbocycles. The number of hydrogen-bond donors (Lipinski definition) is 1. The molecule has 2 amide bonds. The minimum atomic E-state index is -0.711. The Morgan fingerprint density at radius 1 is 1.15 bits per heavy atom. The molecule has 1 aliphatic carbocycles. The van der Waals surface area contributed by atoms with Crippen molar-refractivity contribution in [1.82, 2.24) is 10.2 Å². The van der Waals surface area contributed by atoms with Gasteiger partial charge >= 0.3 is 0 Å². The fourth-order valence-electron chi connectivity index (χ4n) is 3.57. The molecular formula is C16H28N2O2. The fourth-order valence-corrected chi connectivity index (χ4v) is 3.57. The van der Waals surface area contributed by atoms with Gasteiger partial charge in [-0.3, -0.25) is 9.59 Å². The summed E-state index contributed by atoms with van der Waals surface area (Å²) in [6.45, 7) is 6.72. The number of amides is 2. The van der Waals surface area contributed by atoms with E-state index >= 15 is 0 Å². The summed E-state index contributed by atoms with van der Waals surface area (Å²) in [6, 6.07) is 0. The summed E-state index contributed by atoms with van der Waals surface area (Å²) >= 11 is 0. The quantitative estimate of drug-likeness (QED) is 0.787. The van der Waals surface area contributed by atoms with Crippen molar-refractivity contribution < 1.29 is 9.59 Å². The summed E-state index contributed by atoms with van der Waals surface area (Å²) in [6.07, 6.45) is 7.65. The predicted molar refractivity (Wildman–Crippen MR) is 79.3 cm³/mol. The summed E-state index contributed by atoms with van der Waals surface area (Å²) in [5.74, 6) is 0.202. The van der Waals surface area contributed by atoms with E-state index in [0.717, 1.165) is 51.5 Å². The maximum atomic E-state index is 12.9. The second-order valence-electron chi connectivity index (χ2n) is 6.54. The van der Waals surface area contributed by atoms with E-state index in [4.69, 9.17) is 0 Å². The SMILES string of the molecule is CCCCCN1C(=O)C(C)(CC)NC(=O)C12CCCC2. The molecule has 0 radical (unpaired) electrons. The standard InChI is InChI=1S/C16H28N2O2/c1-4-6-9-12-18-14(20)15(3,5-2)17-13(19)16(18)10-7-8-11-16/h4-12H2,1-3H3,(H,17,19). The predicted octanol–water partition coefficient (Wildman–Crippen LogP) is 2.62. The van der Waals surface area contributed by atoms with Crippen LogP contribution in [-0.4, -0.2) is 34.3 Å². The Kier molecular flexibility index (Phi) is 4.40. The van der Waals surface area contributed by atoms with Gasteiger partial charge < -0.3 is 10.2 Å². The Morgan fingerprint density at radius 2 is 1.80 bits per heavy atom. The van der Waals surface area contributed by atoms with Crippen LogP contribution in [0.3, 0.4) is 0 Å². The van der Waals surface area contributed by atoms with Gasteiger partial charge in [-0.1, -0.05) is 39.5 Å². The minimum absolute atomic E-state index is 0.0791. The minimum Gasteiger partial charge on any atom is -0.340 e. The molecule has 2 rings (SSSR count). The highest BCUT2D eigenvalue weighted by Crippen LogP contribution is 2.40. The molecule has 1 atom stereocenters. The van der Waals surface area contributed by atoms with E-state index in [2.05, 4.69) is 12.2 Å². The lowest BCUT2D eigenvalue weighted by Crippen LogP contribution is -2.74. The zero-order chi connectivity index (χ0) is 14.8. The van der Waals surface area contributed by atoms with Gasteiger partial charge in [0.2, 0.25) is 11.8 Å². The van der Waals surface area contributed by atoms with Crippen LogP contribution in [0.25, 0.3) is 0 Å². The van der Waals surface area contributed by atoms with Crippen molar-refractivity contribution in [3.8, 4) is 0 Å². The van der Waals surface area contributed by atoms with Gasteiger partial charge in [0.15, 0.2) is 0 Å². The third kappa shape index (κ3) is 2.33. The Balaban J connectivity index is 2.26. The smallest absolute Gasteiger partial charge is 0.248 e. The highest BCUT2D eigenvalue weighted by atomic mass is 16.2. The maximum Gasteiger partial charge on any atom is 0.248 e. The van der Waals surface area contributed by atoms with E-state index < -0.39 is 11.1 Å². The lowest BCUT2D eigenvalue weighted by Gasteiger charge is -2.50. The van der Waals surface area contributed by atoms with Crippen molar-refractivity contribution in [3.05, 3.63) is 0 Å². The van der Waals surface area contributed by atoms with Gasteiger partial charge in [0.25, 0.3) is 0 Å². The molecular weight excluding hydrogens is 252 g/mol. The highest BCUT2D eigenvalue weighted by molar-refractivity contribution is 6.02. The van der Waals surface area contributed by atoms with Crippen LogP contribution < -0.4 is 5.32 Å². The summed E-state index contributed by atoms with van der Waals surface area (Å²) < 4.78 is 0. The van der Waals surface area contributed by atoms with Crippen molar-refractivity contribution in [1.29, 1.82) is 0 Å². The third-order valence-corrected chi connectivity index (χ3v) is 5.17. The second-order valence-corrected chi connectivity index (χ2v) is 6.54. The van der Waals surface area contributed by atoms with Crippen LogP contribution in [-0.2, 0) is 9.59 Å². The molecule has 1 saturated carbocycles. The average molecular weight is 280 g/mol. The van der Waals surface area contributed by atoms with Crippen LogP contribution in [0.15, 0.2) is 0 Å².